The van der Waals surface area contributed by atoms with Crippen LogP contribution in [0.4, 0.5) is 10.8 Å². The molecule has 0 saturated heterocycles. The van der Waals surface area contributed by atoms with Crippen LogP contribution in [0.3, 0.4) is 0 Å². The molecule has 0 N–H and O–H groups in total. The Morgan fingerprint density at radius 3 is 2.69 bits per heavy atom. The number of aryl methyl sites for hydroxylation is 1. The molecule has 0 atom stereocenters. The number of anilines is 2. The molecule has 0 bridgehead atoms. The number of para-hydroxylation sites is 1. The Labute approximate surface area is 190 Å². The summed E-state index contributed by atoms with van der Waals surface area (Å²) in [6.45, 7) is 2.33. The van der Waals surface area contributed by atoms with Gasteiger partial charge < -0.3 is 4.90 Å². The zero-order valence-electron chi connectivity index (χ0n) is 17.3. The number of fused-ring (bicyclic) bond motifs is 2. The van der Waals surface area contributed by atoms with Gasteiger partial charge in [0.2, 0.25) is 0 Å². The van der Waals surface area contributed by atoms with Gasteiger partial charge in [0.1, 0.15) is 0 Å². The number of benzene rings is 2. The lowest BCUT2D eigenvalue weighted by molar-refractivity contribution is -0.114. The van der Waals surface area contributed by atoms with Crippen LogP contribution in [0.1, 0.15) is 12.5 Å². The van der Waals surface area contributed by atoms with Gasteiger partial charge in [-0.05, 0) is 48.4 Å². The summed E-state index contributed by atoms with van der Waals surface area (Å²) >= 11 is 1.41. The van der Waals surface area contributed by atoms with E-state index in [4.69, 9.17) is 0 Å². The van der Waals surface area contributed by atoms with Crippen LogP contribution in [0.15, 0.2) is 76.9 Å². The number of sulfonamides is 1. The Kier molecular flexibility index (Phi) is 5.15. The quantitative estimate of drug-likeness (QED) is 0.582. The molecular weight excluding hydrogens is 444 g/mol. The average molecular weight is 465 g/mol. The minimum Gasteiger partial charge on any atom is -0.331 e. The number of nitrogens with zero attached hydrogens (tertiary/aromatic N) is 4. The lowest BCUT2D eigenvalue weighted by Crippen LogP contribution is -2.42. The van der Waals surface area contributed by atoms with E-state index in [1.165, 1.54) is 16.2 Å². The first-order chi connectivity index (χ1) is 15.4. The van der Waals surface area contributed by atoms with E-state index in [0.717, 1.165) is 22.2 Å². The zero-order valence-corrected chi connectivity index (χ0v) is 18.9. The molecule has 2 aliphatic rings. The molecule has 7 nitrogen and oxygen atoms in total. The largest absolute Gasteiger partial charge is 0.331 e. The van der Waals surface area contributed by atoms with Gasteiger partial charge in [0.15, 0.2) is 11.0 Å². The minimum atomic E-state index is -3.62. The maximum absolute atomic E-state index is 13.9. The van der Waals surface area contributed by atoms with Crippen molar-refractivity contribution < 1.29 is 13.2 Å². The standard InChI is InChI=1S/C23H20N4O3S2/c1-2-16-9-11-17(12-10-16)27(23-24-19-7-3-4-8-20(19)31-23)22(28)18-6-5-13-26-14-15-32(29,30)25-21(18)26/h3-13H,2,14-15H2,1H3. The van der Waals surface area contributed by atoms with Crippen LogP contribution in [-0.2, 0) is 21.2 Å². The van der Waals surface area contributed by atoms with Gasteiger partial charge >= 0.3 is 0 Å². The molecule has 0 aliphatic carbocycles. The Hall–Kier alpha value is -3.30. The summed E-state index contributed by atoms with van der Waals surface area (Å²) in [6.07, 6.45) is 5.97. The molecule has 0 radical (unpaired) electrons. The first kappa shape index (κ1) is 20.6. The van der Waals surface area contributed by atoms with Gasteiger partial charge in [0.25, 0.3) is 15.9 Å². The maximum Gasteiger partial charge on any atom is 0.268 e. The van der Waals surface area contributed by atoms with Gasteiger partial charge in [0.05, 0.1) is 27.2 Å². The van der Waals surface area contributed by atoms with Crippen LogP contribution in [-0.4, -0.2) is 42.3 Å². The highest BCUT2D eigenvalue weighted by Gasteiger charge is 2.34. The van der Waals surface area contributed by atoms with E-state index >= 15 is 0 Å². The van der Waals surface area contributed by atoms with Crippen LogP contribution >= 0.6 is 11.3 Å². The molecule has 3 heterocycles. The van der Waals surface area contributed by atoms with Crippen molar-refractivity contribution >= 4 is 54.1 Å². The molecule has 3 aromatic rings. The van der Waals surface area contributed by atoms with Crippen molar-refractivity contribution in [2.75, 3.05) is 17.2 Å². The highest BCUT2D eigenvalue weighted by Crippen LogP contribution is 2.35. The molecule has 0 fully saturated rings. The molecule has 1 amide bonds. The third-order valence-corrected chi connectivity index (χ3v) is 7.54. The monoisotopic (exact) mass is 464 g/mol. The molecule has 32 heavy (non-hydrogen) atoms. The summed E-state index contributed by atoms with van der Waals surface area (Å²) in [5.41, 5.74) is 2.83. The number of hydrogen-bond acceptors (Lipinski definition) is 6. The SMILES string of the molecule is CCc1ccc(N(C(=O)C2=CC=CN3CCS(=O)(=O)N=C23)c2nc3ccccc3s2)cc1. The molecule has 0 saturated carbocycles. The highest BCUT2D eigenvalue weighted by atomic mass is 32.2. The first-order valence-electron chi connectivity index (χ1n) is 10.2. The number of rotatable bonds is 4. The fourth-order valence-corrected chi connectivity index (χ4v) is 5.63. The summed E-state index contributed by atoms with van der Waals surface area (Å²) in [4.78, 5) is 21.8. The van der Waals surface area contributed by atoms with Crippen molar-refractivity contribution in [1.82, 2.24) is 9.88 Å². The van der Waals surface area contributed by atoms with Gasteiger partial charge in [0, 0.05) is 12.7 Å². The molecular formula is C23H20N4O3S2. The van der Waals surface area contributed by atoms with Gasteiger partial charge in [-0.15, -0.1) is 4.40 Å². The number of amidine groups is 1. The number of thiazole rings is 1. The van der Waals surface area contributed by atoms with E-state index in [1.54, 1.807) is 23.3 Å². The molecule has 5 rings (SSSR count). The van der Waals surface area contributed by atoms with Gasteiger partial charge in [-0.1, -0.05) is 42.5 Å². The smallest absolute Gasteiger partial charge is 0.268 e. The van der Waals surface area contributed by atoms with Crippen LogP contribution in [0.5, 0.6) is 0 Å². The average Bonchev–Trinajstić information content (AvgIpc) is 3.22. The topological polar surface area (TPSA) is 82.9 Å². The van der Waals surface area contributed by atoms with Crippen LogP contribution in [0.25, 0.3) is 10.2 Å². The molecule has 1 aromatic heterocycles. The normalized spacial score (nSPS) is 17.0. The van der Waals surface area contributed by atoms with Crippen molar-refractivity contribution in [2.24, 2.45) is 4.40 Å². The van der Waals surface area contributed by atoms with E-state index in [-0.39, 0.29) is 29.6 Å². The van der Waals surface area contributed by atoms with E-state index in [0.29, 0.717) is 10.8 Å². The van der Waals surface area contributed by atoms with E-state index < -0.39 is 10.0 Å². The summed E-state index contributed by atoms with van der Waals surface area (Å²) in [7, 11) is -3.62. The number of carbonyl (C=O) groups excluding carboxylic acids is 1. The second-order valence-electron chi connectivity index (χ2n) is 7.44. The minimum absolute atomic E-state index is 0.0810. The van der Waals surface area contributed by atoms with Crippen molar-refractivity contribution in [3.05, 3.63) is 78.0 Å². The van der Waals surface area contributed by atoms with Gasteiger partial charge in [-0.25, -0.2) is 13.4 Å². The third-order valence-electron chi connectivity index (χ3n) is 5.37. The Morgan fingerprint density at radius 1 is 1.16 bits per heavy atom. The summed E-state index contributed by atoms with van der Waals surface area (Å²) < 4.78 is 29.2. The summed E-state index contributed by atoms with van der Waals surface area (Å²) in [5.74, 6) is -0.305. The number of hydrogen-bond donors (Lipinski definition) is 0. The number of aromatic nitrogens is 1. The summed E-state index contributed by atoms with van der Waals surface area (Å²) in [5, 5.41) is 0.515. The highest BCUT2D eigenvalue weighted by molar-refractivity contribution is 7.90. The van der Waals surface area contributed by atoms with Gasteiger partial charge in [-0.2, -0.15) is 0 Å². The maximum atomic E-state index is 13.9. The van der Waals surface area contributed by atoms with Gasteiger partial charge in [-0.3, -0.25) is 9.69 Å². The van der Waals surface area contributed by atoms with Crippen LogP contribution in [0, 0.1) is 0 Å². The first-order valence-corrected chi connectivity index (χ1v) is 12.6. The molecule has 162 valence electrons. The van der Waals surface area contributed by atoms with E-state index in [2.05, 4.69) is 16.3 Å². The number of amides is 1. The van der Waals surface area contributed by atoms with Crippen molar-refractivity contribution in [3.63, 3.8) is 0 Å². The van der Waals surface area contributed by atoms with Crippen molar-refractivity contribution in [1.29, 1.82) is 0 Å². The lowest BCUT2D eigenvalue weighted by atomic mass is 10.1. The van der Waals surface area contributed by atoms with Crippen molar-refractivity contribution in [3.8, 4) is 0 Å². The number of allylic oxidation sites excluding steroid dienone is 2. The lowest BCUT2D eigenvalue weighted by Gasteiger charge is -2.30. The van der Waals surface area contributed by atoms with E-state index in [1.807, 2.05) is 48.5 Å². The number of carbonyl (C=O) groups is 1. The Morgan fingerprint density at radius 2 is 1.94 bits per heavy atom. The molecule has 0 spiro atoms. The second-order valence-corrected chi connectivity index (χ2v) is 10.2. The third kappa shape index (κ3) is 3.74. The molecule has 2 aliphatic heterocycles. The predicted octanol–water partition coefficient (Wildman–Crippen LogP) is 4.02. The fourth-order valence-electron chi connectivity index (χ4n) is 3.65. The molecule has 2 aromatic carbocycles. The molecule has 0 unspecified atom stereocenters. The van der Waals surface area contributed by atoms with E-state index in [9.17, 15) is 13.2 Å². The fraction of sp³-hybridized carbons (Fsp3) is 0.174. The van der Waals surface area contributed by atoms with Crippen LogP contribution in [0.2, 0.25) is 0 Å². The predicted molar refractivity (Wildman–Crippen MR) is 128 cm³/mol. The Bertz CT molecular complexity index is 1370. The van der Waals surface area contributed by atoms with Crippen LogP contribution < -0.4 is 4.90 Å². The zero-order chi connectivity index (χ0) is 22.3. The summed E-state index contributed by atoms with van der Waals surface area (Å²) in [6, 6.07) is 15.4. The van der Waals surface area contributed by atoms with Crippen molar-refractivity contribution in [2.45, 2.75) is 13.3 Å². The second kappa shape index (κ2) is 7.99. The molecule has 9 heteroatoms. The Balaban J connectivity index is 1.64.